The third-order valence-electron chi connectivity index (χ3n) is 13.7. The van der Waals surface area contributed by atoms with E-state index in [9.17, 15) is 38.4 Å². The van der Waals surface area contributed by atoms with Crippen molar-refractivity contribution in [2.24, 2.45) is 0 Å². The van der Waals surface area contributed by atoms with Crippen LogP contribution in [0.1, 0.15) is 236 Å². The normalized spacial score (nSPS) is 10.8. The maximum Gasteiger partial charge on any atom is 0.273 e. The highest BCUT2D eigenvalue weighted by Gasteiger charge is 2.25. The summed E-state index contributed by atoms with van der Waals surface area (Å²) in [6.07, 6.45) is 22.7. The molecule has 84 heavy (non-hydrogen) atoms. The minimum atomic E-state index is -0.945. The molecule has 0 unspecified atom stereocenters. The molecule has 20 nitrogen and oxygen atoms in total. The minimum absolute atomic E-state index is 0.0315. The van der Waals surface area contributed by atoms with Crippen LogP contribution in [-0.4, -0.2) is 73.7 Å². The van der Waals surface area contributed by atoms with Crippen molar-refractivity contribution in [3.05, 3.63) is 95.1 Å². The Kier molecular flexibility index (Phi) is 33.6. The van der Waals surface area contributed by atoms with Gasteiger partial charge in [-0.3, -0.25) is 81.8 Å². The van der Waals surface area contributed by atoms with Crippen molar-refractivity contribution in [2.45, 2.75) is 195 Å². The molecule has 4 rings (SSSR count). The molecule has 0 aliphatic heterocycles. The molecular formula is C64H92N8O12. The topological polar surface area (TPSA) is 270 Å². The molecule has 0 aromatic heterocycles. The highest BCUT2D eigenvalue weighted by molar-refractivity contribution is 6.06. The standard InChI is InChI=1S/C64H92N8O12/c1-5-9-13-17-21-29-37-81-53-36-28-27-35-49(53)61(77)69-65-57(73)45-59(75)67-71-63(79)51-43-52(56(84-40-32-24-20-16-12-8-4)44-55(51)83-39-31-23-19-15-11-7-3)64(80)72-68-60(76)46-58(74)66-70-62(78)50-41-47-33-25-26-34-48(47)42-54(50)82-38-30-22-18-14-10-6-2/h25-28,33-36,41-44H,5-24,29-32,37-40,45-46H2,1-4H3,(H,65,73)(H,66,74)(H,67,75)(H,68,76)(H,69,77)(H,70,78)(H,71,79)(H,72,80). The zero-order valence-corrected chi connectivity index (χ0v) is 50.0. The average Bonchev–Trinajstić information content (AvgIpc) is 3.01. The first kappa shape index (κ1) is 68.6. The van der Waals surface area contributed by atoms with Crippen LogP contribution in [0.5, 0.6) is 23.0 Å². The number of carbonyl (C=O) groups excluding carboxylic acids is 8. The fourth-order valence-electron chi connectivity index (χ4n) is 8.95. The Morgan fingerprint density at radius 1 is 0.286 bits per heavy atom. The zero-order chi connectivity index (χ0) is 60.6. The molecule has 0 bridgehead atoms. The SMILES string of the molecule is CCCCCCCCOc1ccccc1C(=O)NNC(=O)CC(=O)NNC(=O)c1cc(C(=O)NNC(=O)CC(=O)NNC(=O)c2cc3ccccc3cc2OCCCCCCCC)c(OCCCCCCCC)cc1OCCCCCCCC. The number of fused-ring (bicyclic) bond motifs is 1. The first-order chi connectivity index (χ1) is 40.9. The highest BCUT2D eigenvalue weighted by atomic mass is 16.5. The molecule has 0 spiro atoms. The van der Waals surface area contributed by atoms with E-state index in [1.807, 2.05) is 24.3 Å². The van der Waals surface area contributed by atoms with Crippen molar-refractivity contribution < 1.29 is 57.3 Å². The molecular weight excluding hydrogens is 1070 g/mol. The van der Waals surface area contributed by atoms with Crippen molar-refractivity contribution in [2.75, 3.05) is 26.4 Å². The fraction of sp³-hybridized carbons (Fsp3) is 0.531. The molecule has 0 aliphatic carbocycles. The summed E-state index contributed by atoms with van der Waals surface area (Å²) in [5.41, 5.74) is 18.1. The van der Waals surface area contributed by atoms with Gasteiger partial charge in [0.05, 0.1) is 48.7 Å². The van der Waals surface area contributed by atoms with E-state index >= 15 is 0 Å². The van der Waals surface area contributed by atoms with E-state index in [4.69, 9.17) is 18.9 Å². The van der Waals surface area contributed by atoms with Gasteiger partial charge in [-0.05, 0) is 66.8 Å². The second kappa shape index (κ2) is 41.2. The lowest BCUT2D eigenvalue weighted by molar-refractivity contribution is -0.131. The van der Waals surface area contributed by atoms with E-state index in [0.29, 0.717) is 37.6 Å². The van der Waals surface area contributed by atoms with Crippen LogP contribution in [0.2, 0.25) is 0 Å². The molecule has 8 N–H and O–H groups in total. The average molecular weight is 1170 g/mol. The maximum absolute atomic E-state index is 14.0. The number of amides is 8. The van der Waals surface area contributed by atoms with Crippen LogP contribution >= 0.6 is 0 Å². The molecule has 0 saturated heterocycles. The van der Waals surface area contributed by atoms with E-state index in [2.05, 4.69) is 71.1 Å². The monoisotopic (exact) mass is 1160 g/mol. The third kappa shape index (κ3) is 26.6. The molecule has 8 amide bonds. The van der Waals surface area contributed by atoms with Crippen LogP contribution in [-0.2, 0) is 19.2 Å². The number of nitrogens with one attached hydrogen (secondary N) is 8. The summed E-state index contributed by atoms with van der Waals surface area (Å²) >= 11 is 0. The van der Waals surface area contributed by atoms with Gasteiger partial charge in [0.2, 0.25) is 23.6 Å². The molecule has 460 valence electrons. The van der Waals surface area contributed by atoms with Crippen LogP contribution in [0.15, 0.2) is 72.8 Å². The number of para-hydroxylation sites is 1. The van der Waals surface area contributed by atoms with Gasteiger partial charge in [-0.1, -0.05) is 193 Å². The number of benzene rings is 4. The first-order valence-electron chi connectivity index (χ1n) is 30.6. The van der Waals surface area contributed by atoms with Gasteiger partial charge in [0.1, 0.15) is 35.8 Å². The molecule has 0 radical (unpaired) electrons. The summed E-state index contributed by atoms with van der Waals surface area (Å²) < 4.78 is 24.2. The number of carbonyl (C=O) groups is 8. The van der Waals surface area contributed by atoms with Crippen LogP contribution in [0.4, 0.5) is 0 Å². The molecule has 20 heteroatoms. The molecule has 4 aromatic carbocycles. The Balaban J connectivity index is 1.42. The predicted molar refractivity (Wildman–Crippen MR) is 324 cm³/mol. The number of ether oxygens (including phenoxy) is 4. The van der Waals surface area contributed by atoms with Gasteiger partial charge in [0.15, 0.2) is 0 Å². The summed E-state index contributed by atoms with van der Waals surface area (Å²) in [5.74, 6) is -6.10. The zero-order valence-electron chi connectivity index (χ0n) is 50.0. The van der Waals surface area contributed by atoms with Gasteiger partial charge in [-0.2, -0.15) is 0 Å². The Bertz CT molecular complexity index is 2700. The summed E-state index contributed by atoms with van der Waals surface area (Å²) in [4.78, 5) is 106. The van der Waals surface area contributed by atoms with Crippen LogP contribution in [0.3, 0.4) is 0 Å². The third-order valence-corrected chi connectivity index (χ3v) is 13.7. The minimum Gasteiger partial charge on any atom is -0.493 e. The smallest absolute Gasteiger partial charge is 0.273 e. The highest BCUT2D eigenvalue weighted by Crippen LogP contribution is 2.31. The lowest BCUT2D eigenvalue weighted by Gasteiger charge is -2.18. The van der Waals surface area contributed by atoms with E-state index < -0.39 is 60.1 Å². The second-order valence-electron chi connectivity index (χ2n) is 20.9. The van der Waals surface area contributed by atoms with E-state index in [-0.39, 0.29) is 47.0 Å². The van der Waals surface area contributed by atoms with E-state index in [1.54, 1.807) is 36.4 Å². The molecule has 4 aromatic rings. The van der Waals surface area contributed by atoms with E-state index in [0.717, 1.165) is 139 Å². The molecule has 0 fully saturated rings. The summed E-state index contributed by atoms with van der Waals surface area (Å²) in [6, 6.07) is 20.1. The van der Waals surface area contributed by atoms with Crippen LogP contribution in [0.25, 0.3) is 10.8 Å². The number of unbranched alkanes of at least 4 members (excludes halogenated alkanes) is 20. The Morgan fingerprint density at radius 3 is 0.952 bits per heavy atom. The summed E-state index contributed by atoms with van der Waals surface area (Å²) in [7, 11) is 0. The molecule has 0 saturated carbocycles. The number of rotatable bonds is 40. The van der Waals surface area contributed by atoms with Crippen LogP contribution in [0, 0.1) is 0 Å². The summed E-state index contributed by atoms with van der Waals surface area (Å²) in [5, 5.41) is 1.65. The maximum atomic E-state index is 14.0. The molecule has 0 atom stereocenters. The Labute approximate surface area is 496 Å². The van der Waals surface area contributed by atoms with E-state index in [1.165, 1.54) is 25.0 Å². The number of hydrazine groups is 4. The fourth-order valence-corrected chi connectivity index (χ4v) is 8.95. The summed E-state index contributed by atoms with van der Waals surface area (Å²) in [6.45, 7) is 9.81. The van der Waals surface area contributed by atoms with Crippen molar-refractivity contribution in [1.29, 1.82) is 0 Å². The number of hydrogen-bond acceptors (Lipinski definition) is 12. The Morgan fingerprint density at radius 2 is 0.571 bits per heavy atom. The van der Waals surface area contributed by atoms with Gasteiger partial charge in [0, 0.05) is 6.07 Å². The predicted octanol–water partition coefficient (Wildman–Crippen LogP) is 11.0. The Hall–Kier alpha value is -7.90. The lowest BCUT2D eigenvalue weighted by Crippen LogP contribution is -2.47. The molecule has 0 heterocycles. The van der Waals surface area contributed by atoms with Gasteiger partial charge in [-0.25, -0.2) is 0 Å². The van der Waals surface area contributed by atoms with Crippen LogP contribution < -0.4 is 62.4 Å². The van der Waals surface area contributed by atoms with Crippen molar-refractivity contribution >= 4 is 58.0 Å². The van der Waals surface area contributed by atoms with Gasteiger partial charge in [-0.15, -0.1) is 0 Å². The van der Waals surface area contributed by atoms with Crippen molar-refractivity contribution in [1.82, 2.24) is 43.4 Å². The number of hydrogen-bond donors (Lipinski definition) is 8. The largest absolute Gasteiger partial charge is 0.493 e. The van der Waals surface area contributed by atoms with Gasteiger partial charge in [0.25, 0.3) is 23.6 Å². The van der Waals surface area contributed by atoms with Crippen molar-refractivity contribution in [3.8, 4) is 23.0 Å². The van der Waals surface area contributed by atoms with Gasteiger partial charge >= 0.3 is 0 Å². The quantitative estimate of drug-likeness (QED) is 0.0117. The van der Waals surface area contributed by atoms with Gasteiger partial charge < -0.3 is 18.9 Å². The lowest BCUT2D eigenvalue weighted by atomic mass is 10.1. The first-order valence-corrected chi connectivity index (χ1v) is 30.6. The van der Waals surface area contributed by atoms with Crippen molar-refractivity contribution in [3.63, 3.8) is 0 Å². The second-order valence-corrected chi connectivity index (χ2v) is 20.9. The molecule has 0 aliphatic rings.